The van der Waals surface area contributed by atoms with Crippen LogP contribution in [0.2, 0.25) is 0 Å². The van der Waals surface area contributed by atoms with Gasteiger partial charge in [-0.1, -0.05) is 12.1 Å². The third-order valence-electron chi connectivity index (χ3n) is 3.30. The smallest absolute Gasteiger partial charge is 0.257 e. The van der Waals surface area contributed by atoms with Gasteiger partial charge >= 0.3 is 0 Å². The summed E-state index contributed by atoms with van der Waals surface area (Å²) >= 11 is 0. The largest absolute Gasteiger partial charge is 0.387 e. The predicted molar refractivity (Wildman–Crippen MR) is 84.8 cm³/mol. The van der Waals surface area contributed by atoms with Crippen LogP contribution in [0.4, 0.5) is 11.4 Å². The number of hydrogen-bond donors (Lipinski definition) is 3. The fourth-order valence-electron chi connectivity index (χ4n) is 2.31. The number of para-hydroxylation sites is 1. The number of hydrogen-bond acceptors (Lipinski definition) is 3. The number of amides is 1. The van der Waals surface area contributed by atoms with Crippen molar-refractivity contribution in [2.24, 2.45) is 0 Å². The number of nitrogens with one attached hydrogen (secondary N) is 3. The maximum atomic E-state index is 12.4. The Morgan fingerprint density at radius 2 is 2.00 bits per heavy atom. The molecule has 0 atom stereocenters. The third-order valence-corrected chi connectivity index (χ3v) is 3.30. The van der Waals surface area contributed by atoms with Crippen LogP contribution in [0.1, 0.15) is 16.2 Å². The molecule has 2 aromatic carbocycles. The van der Waals surface area contributed by atoms with Crippen molar-refractivity contribution in [3.05, 3.63) is 53.9 Å². The Kier molecular flexibility index (Phi) is 3.31. The van der Waals surface area contributed by atoms with Crippen LogP contribution in [0.5, 0.6) is 0 Å². The lowest BCUT2D eigenvalue weighted by Crippen LogP contribution is -2.13. The van der Waals surface area contributed by atoms with Gasteiger partial charge in [-0.15, -0.1) is 0 Å². The second-order valence-corrected chi connectivity index (χ2v) is 4.80. The van der Waals surface area contributed by atoms with E-state index < -0.39 is 0 Å². The molecule has 0 radical (unpaired) electrons. The molecule has 21 heavy (non-hydrogen) atoms. The zero-order valence-electron chi connectivity index (χ0n) is 11.9. The first-order chi connectivity index (χ1) is 10.2. The molecule has 1 amide bonds. The van der Waals surface area contributed by atoms with Crippen LogP contribution in [-0.4, -0.2) is 22.9 Å². The number of anilines is 2. The first kappa shape index (κ1) is 13.2. The highest BCUT2D eigenvalue weighted by molar-refractivity contribution is 6.08. The number of aromatic amines is 1. The van der Waals surface area contributed by atoms with Crippen molar-refractivity contribution < 1.29 is 4.79 Å². The highest BCUT2D eigenvalue weighted by Crippen LogP contribution is 2.20. The summed E-state index contributed by atoms with van der Waals surface area (Å²) in [6, 6.07) is 13.0. The van der Waals surface area contributed by atoms with E-state index in [-0.39, 0.29) is 5.91 Å². The normalized spacial score (nSPS) is 10.6. The van der Waals surface area contributed by atoms with Gasteiger partial charge in [-0.3, -0.25) is 4.79 Å². The van der Waals surface area contributed by atoms with E-state index in [0.29, 0.717) is 5.56 Å². The second-order valence-electron chi connectivity index (χ2n) is 4.80. The molecular formula is C16H16N4O. The van der Waals surface area contributed by atoms with Crippen LogP contribution >= 0.6 is 0 Å². The van der Waals surface area contributed by atoms with Crippen molar-refractivity contribution in [3.8, 4) is 0 Å². The molecule has 0 fully saturated rings. The first-order valence-corrected chi connectivity index (χ1v) is 6.72. The molecule has 0 unspecified atom stereocenters. The lowest BCUT2D eigenvalue weighted by atomic mass is 10.1. The Morgan fingerprint density at radius 3 is 2.81 bits per heavy atom. The predicted octanol–water partition coefficient (Wildman–Crippen LogP) is 3.17. The van der Waals surface area contributed by atoms with Crippen molar-refractivity contribution >= 4 is 28.3 Å². The average molecular weight is 280 g/mol. The summed E-state index contributed by atoms with van der Waals surface area (Å²) in [5, 5.41) is 5.93. The summed E-state index contributed by atoms with van der Waals surface area (Å²) in [6.07, 6.45) is 0. The number of H-pyrrole nitrogens is 1. The Bertz CT molecular complexity index is 807. The van der Waals surface area contributed by atoms with Gasteiger partial charge in [0.1, 0.15) is 5.82 Å². The van der Waals surface area contributed by atoms with Crippen molar-refractivity contribution in [2.75, 3.05) is 17.7 Å². The molecule has 0 aliphatic heterocycles. The maximum absolute atomic E-state index is 12.4. The lowest BCUT2D eigenvalue weighted by molar-refractivity contribution is 0.102. The molecular weight excluding hydrogens is 264 g/mol. The van der Waals surface area contributed by atoms with Gasteiger partial charge in [-0.25, -0.2) is 4.98 Å². The highest BCUT2D eigenvalue weighted by Gasteiger charge is 2.10. The summed E-state index contributed by atoms with van der Waals surface area (Å²) in [4.78, 5) is 19.9. The van der Waals surface area contributed by atoms with E-state index in [0.717, 1.165) is 28.2 Å². The molecule has 0 saturated heterocycles. The number of benzene rings is 2. The molecule has 1 aromatic heterocycles. The minimum atomic E-state index is -0.143. The number of carbonyl (C=O) groups is 1. The Balaban J connectivity index is 1.88. The Hall–Kier alpha value is -2.82. The molecule has 3 N–H and O–H groups in total. The molecule has 1 heterocycles. The molecule has 106 valence electrons. The van der Waals surface area contributed by atoms with Gasteiger partial charge in [-0.2, -0.15) is 0 Å². The van der Waals surface area contributed by atoms with E-state index in [1.165, 1.54) is 0 Å². The topological polar surface area (TPSA) is 69.8 Å². The van der Waals surface area contributed by atoms with E-state index >= 15 is 0 Å². The van der Waals surface area contributed by atoms with Crippen molar-refractivity contribution in [2.45, 2.75) is 6.92 Å². The number of fused-ring (bicyclic) bond motifs is 1. The third kappa shape index (κ3) is 2.58. The zero-order chi connectivity index (χ0) is 14.8. The van der Waals surface area contributed by atoms with Gasteiger partial charge in [0.2, 0.25) is 0 Å². The lowest BCUT2D eigenvalue weighted by Gasteiger charge is -2.09. The molecule has 3 aromatic rings. The quantitative estimate of drug-likeness (QED) is 0.690. The number of imidazole rings is 1. The number of nitrogens with zero attached hydrogens (tertiary/aromatic N) is 1. The zero-order valence-corrected chi connectivity index (χ0v) is 11.9. The standard InChI is InChI=1S/C16H16N4O/c1-10-18-14-8-7-11(9-15(14)19-10)20-16(21)12-5-3-4-6-13(12)17-2/h3-9,17H,1-2H3,(H,18,19)(H,20,21). The van der Waals surface area contributed by atoms with Crippen molar-refractivity contribution in [3.63, 3.8) is 0 Å². The Morgan fingerprint density at radius 1 is 1.19 bits per heavy atom. The van der Waals surface area contributed by atoms with Crippen LogP contribution in [0.3, 0.4) is 0 Å². The number of rotatable bonds is 3. The minimum Gasteiger partial charge on any atom is -0.387 e. The van der Waals surface area contributed by atoms with Crippen LogP contribution < -0.4 is 10.6 Å². The van der Waals surface area contributed by atoms with Gasteiger partial charge in [0.25, 0.3) is 5.91 Å². The van der Waals surface area contributed by atoms with Gasteiger partial charge in [0.15, 0.2) is 0 Å². The summed E-state index contributed by atoms with van der Waals surface area (Å²) in [7, 11) is 1.80. The minimum absolute atomic E-state index is 0.143. The molecule has 0 bridgehead atoms. The van der Waals surface area contributed by atoms with Gasteiger partial charge < -0.3 is 15.6 Å². The fraction of sp³-hybridized carbons (Fsp3) is 0.125. The second kappa shape index (κ2) is 5.28. The molecule has 0 aliphatic carbocycles. The number of carbonyl (C=O) groups excluding carboxylic acids is 1. The van der Waals surface area contributed by atoms with E-state index in [2.05, 4.69) is 20.6 Å². The van der Waals surface area contributed by atoms with Gasteiger partial charge in [0.05, 0.1) is 16.6 Å². The molecule has 5 nitrogen and oxygen atoms in total. The van der Waals surface area contributed by atoms with E-state index in [9.17, 15) is 4.79 Å². The molecule has 0 aliphatic rings. The average Bonchev–Trinajstić information content (AvgIpc) is 2.86. The summed E-state index contributed by atoms with van der Waals surface area (Å²) in [5.74, 6) is 0.713. The van der Waals surface area contributed by atoms with Gasteiger partial charge in [-0.05, 0) is 37.3 Å². The van der Waals surface area contributed by atoms with Crippen molar-refractivity contribution in [1.82, 2.24) is 9.97 Å². The van der Waals surface area contributed by atoms with E-state index in [1.54, 1.807) is 13.1 Å². The fourth-order valence-corrected chi connectivity index (χ4v) is 2.31. The molecule has 0 saturated carbocycles. The number of aryl methyl sites for hydroxylation is 1. The summed E-state index contributed by atoms with van der Waals surface area (Å²) < 4.78 is 0. The molecule has 3 rings (SSSR count). The number of aromatic nitrogens is 2. The SMILES string of the molecule is CNc1ccccc1C(=O)Nc1ccc2nc(C)[nH]c2c1. The van der Waals surface area contributed by atoms with E-state index in [1.807, 2.05) is 43.3 Å². The first-order valence-electron chi connectivity index (χ1n) is 6.72. The maximum Gasteiger partial charge on any atom is 0.257 e. The van der Waals surface area contributed by atoms with Gasteiger partial charge in [0, 0.05) is 18.4 Å². The van der Waals surface area contributed by atoms with Crippen LogP contribution in [0, 0.1) is 6.92 Å². The van der Waals surface area contributed by atoms with Crippen LogP contribution in [0.15, 0.2) is 42.5 Å². The van der Waals surface area contributed by atoms with E-state index in [4.69, 9.17) is 0 Å². The highest BCUT2D eigenvalue weighted by atomic mass is 16.1. The Labute approximate surface area is 122 Å². The van der Waals surface area contributed by atoms with Crippen molar-refractivity contribution in [1.29, 1.82) is 0 Å². The monoisotopic (exact) mass is 280 g/mol. The molecule has 5 heteroatoms. The summed E-state index contributed by atoms with van der Waals surface area (Å²) in [5.41, 5.74) is 3.95. The summed E-state index contributed by atoms with van der Waals surface area (Å²) in [6.45, 7) is 1.90. The van der Waals surface area contributed by atoms with Crippen LogP contribution in [0.25, 0.3) is 11.0 Å². The van der Waals surface area contributed by atoms with Crippen LogP contribution in [-0.2, 0) is 0 Å². The molecule has 0 spiro atoms.